The summed E-state index contributed by atoms with van der Waals surface area (Å²) in [6.07, 6.45) is 0.893. The summed E-state index contributed by atoms with van der Waals surface area (Å²) in [5, 5.41) is 0. The molecule has 5 atom stereocenters. The third-order valence-corrected chi connectivity index (χ3v) is 8.91. The fourth-order valence-electron chi connectivity index (χ4n) is 2.62. The van der Waals surface area contributed by atoms with Crippen molar-refractivity contribution in [1.29, 1.82) is 0 Å². The lowest BCUT2D eigenvalue weighted by Gasteiger charge is -2.20. The second kappa shape index (κ2) is 3.18. The summed E-state index contributed by atoms with van der Waals surface area (Å²) in [6.45, 7) is 10.9. The second-order valence-electron chi connectivity index (χ2n) is 4.37. The average Bonchev–Trinajstić information content (AvgIpc) is 2.22. The van der Waals surface area contributed by atoms with Crippen molar-refractivity contribution in [3.63, 3.8) is 0 Å². The summed E-state index contributed by atoms with van der Waals surface area (Å²) in [6, 6.07) is 0. The van der Waals surface area contributed by atoms with Crippen molar-refractivity contribution in [2.24, 2.45) is 11.8 Å². The molecule has 0 N–H and O–H groups in total. The Hall–Kier alpha value is 0.230. The smallest absolute Gasteiger partial charge is 0.0933 e. The minimum Gasteiger partial charge on any atom is -0.323 e. The van der Waals surface area contributed by atoms with Crippen LogP contribution in [0.1, 0.15) is 34.6 Å². The monoisotopic (exact) mass is 188 g/mol. The van der Waals surface area contributed by atoms with Gasteiger partial charge in [-0.25, -0.2) is 0 Å². The number of hydrogen-bond acceptors (Lipinski definition) is 1. The van der Waals surface area contributed by atoms with Crippen molar-refractivity contribution in [1.82, 2.24) is 0 Å². The van der Waals surface area contributed by atoms with Gasteiger partial charge in [-0.1, -0.05) is 34.6 Å². The van der Waals surface area contributed by atoms with Crippen molar-refractivity contribution in [2.75, 3.05) is 6.16 Å². The molecule has 0 saturated carbocycles. The highest BCUT2D eigenvalue weighted by atomic mass is 31.2. The van der Waals surface area contributed by atoms with Gasteiger partial charge in [0.2, 0.25) is 0 Å². The maximum atomic E-state index is 12.5. The van der Waals surface area contributed by atoms with E-state index in [1.165, 1.54) is 0 Å². The van der Waals surface area contributed by atoms with E-state index < -0.39 is 7.14 Å². The van der Waals surface area contributed by atoms with E-state index in [-0.39, 0.29) is 0 Å². The maximum absolute atomic E-state index is 12.5. The first-order valence-corrected chi connectivity index (χ1v) is 7.06. The van der Waals surface area contributed by atoms with Gasteiger partial charge >= 0.3 is 0 Å². The van der Waals surface area contributed by atoms with Gasteiger partial charge in [0.1, 0.15) is 0 Å². The standard InChI is InChI=1S/C10H21OP/c1-6-12(11)9(4)7(2)8(3)10(12)5/h7-10H,6H2,1-5H3/t7-,8+,9-,10+,12?. The van der Waals surface area contributed by atoms with Gasteiger partial charge in [-0.3, -0.25) is 0 Å². The summed E-state index contributed by atoms with van der Waals surface area (Å²) < 4.78 is 12.5. The summed E-state index contributed by atoms with van der Waals surface area (Å²) in [4.78, 5) is 0. The molecule has 0 spiro atoms. The molecule has 72 valence electrons. The first-order chi connectivity index (χ1) is 5.45. The predicted molar refractivity (Wildman–Crippen MR) is 55.4 cm³/mol. The minimum atomic E-state index is -1.85. The molecule has 1 saturated heterocycles. The maximum Gasteiger partial charge on any atom is 0.0933 e. The Balaban J connectivity index is 2.98. The van der Waals surface area contributed by atoms with Crippen molar-refractivity contribution in [3.05, 3.63) is 0 Å². The molecule has 0 aromatic carbocycles. The highest BCUT2D eigenvalue weighted by molar-refractivity contribution is 7.65. The second-order valence-corrected chi connectivity index (χ2v) is 8.34. The Labute approximate surface area is 76.3 Å². The lowest BCUT2D eigenvalue weighted by molar-refractivity contribution is 0.413. The Morgan fingerprint density at radius 1 is 1.00 bits per heavy atom. The van der Waals surface area contributed by atoms with Crippen LogP contribution in [0.2, 0.25) is 0 Å². The fraction of sp³-hybridized carbons (Fsp3) is 1.00. The first-order valence-electron chi connectivity index (χ1n) is 5.03. The van der Waals surface area contributed by atoms with Gasteiger partial charge in [0.25, 0.3) is 0 Å². The largest absolute Gasteiger partial charge is 0.323 e. The molecule has 1 rings (SSSR count). The Morgan fingerprint density at radius 3 is 1.50 bits per heavy atom. The molecule has 1 unspecified atom stereocenters. The van der Waals surface area contributed by atoms with Crippen LogP contribution in [-0.2, 0) is 4.57 Å². The van der Waals surface area contributed by atoms with E-state index in [2.05, 4.69) is 34.6 Å². The average molecular weight is 188 g/mol. The van der Waals surface area contributed by atoms with Crippen molar-refractivity contribution < 1.29 is 4.57 Å². The van der Waals surface area contributed by atoms with E-state index in [9.17, 15) is 4.57 Å². The molecule has 0 aromatic heterocycles. The van der Waals surface area contributed by atoms with Crippen LogP contribution in [0.15, 0.2) is 0 Å². The molecule has 0 bridgehead atoms. The lowest BCUT2D eigenvalue weighted by Crippen LogP contribution is -2.12. The number of rotatable bonds is 1. The van der Waals surface area contributed by atoms with Crippen LogP contribution in [0, 0.1) is 11.8 Å². The van der Waals surface area contributed by atoms with E-state index >= 15 is 0 Å². The van der Waals surface area contributed by atoms with E-state index in [4.69, 9.17) is 0 Å². The normalized spacial score (nSPS) is 54.4. The first kappa shape index (κ1) is 10.3. The van der Waals surface area contributed by atoms with E-state index in [0.717, 1.165) is 6.16 Å². The van der Waals surface area contributed by atoms with Crippen molar-refractivity contribution >= 4 is 7.14 Å². The van der Waals surface area contributed by atoms with Gasteiger partial charge in [0.15, 0.2) is 0 Å². The molecular formula is C10H21OP. The van der Waals surface area contributed by atoms with E-state index in [1.807, 2.05) is 0 Å². The summed E-state index contributed by atoms with van der Waals surface area (Å²) in [5.74, 6) is 1.29. The molecule has 12 heavy (non-hydrogen) atoms. The highest BCUT2D eigenvalue weighted by Gasteiger charge is 2.48. The number of hydrogen-bond donors (Lipinski definition) is 0. The lowest BCUT2D eigenvalue weighted by atomic mass is 9.92. The molecule has 0 aromatic rings. The quantitative estimate of drug-likeness (QED) is 0.576. The van der Waals surface area contributed by atoms with Crippen LogP contribution in [-0.4, -0.2) is 17.5 Å². The van der Waals surface area contributed by atoms with Crippen LogP contribution in [0.3, 0.4) is 0 Å². The molecular weight excluding hydrogens is 167 g/mol. The highest BCUT2D eigenvalue weighted by Crippen LogP contribution is 2.66. The van der Waals surface area contributed by atoms with Gasteiger partial charge in [-0.15, -0.1) is 0 Å². The molecule has 0 amide bonds. The van der Waals surface area contributed by atoms with Gasteiger partial charge < -0.3 is 4.57 Å². The fourth-order valence-corrected chi connectivity index (χ4v) is 6.65. The molecule has 1 aliphatic heterocycles. The third kappa shape index (κ3) is 1.18. The van der Waals surface area contributed by atoms with E-state index in [1.54, 1.807) is 0 Å². The molecule has 2 heteroatoms. The molecule has 1 aliphatic rings. The molecule has 1 nitrogen and oxygen atoms in total. The van der Waals surface area contributed by atoms with Gasteiger partial charge in [0, 0.05) is 11.3 Å². The topological polar surface area (TPSA) is 17.1 Å². The minimum absolute atomic E-state index is 0.451. The van der Waals surface area contributed by atoms with E-state index in [0.29, 0.717) is 23.2 Å². The molecule has 0 aliphatic carbocycles. The van der Waals surface area contributed by atoms with Crippen LogP contribution in [0.4, 0.5) is 0 Å². The van der Waals surface area contributed by atoms with Gasteiger partial charge in [-0.2, -0.15) is 0 Å². The zero-order chi connectivity index (χ0) is 9.52. The Kier molecular flexibility index (Phi) is 2.73. The molecule has 1 fully saturated rings. The Bertz CT molecular complexity index is 194. The molecule has 0 radical (unpaired) electrons. The van der Waals surface area contributed by atoms with Gasteiger partial charge in [0.05, 0.1) is 7.14 Å². The zero-order valence-corrected chi connectivity index (χ0v) is 9.77. The summed E-state index contributed by atoms with van der Waals surface area (Å²) in [5.41, 5.74) is 0.903. The summed E-state index contributed by atoms with van der Waals surface area (Å²) in [7, 11) is -1.85. The van der Waals surface area contributed by atoms with Gasteiger partial charge in [-0.05, 0) is 18.0 Å². The molecule has 1 heterocycles. The van der Waals surface area contributed by atoms with Crippen LogP contribution >= 0.6 is 7.14 Å². The van der Waals surface area contributed by atoms with Crippen LogP contribution in [0.5, 0.6) is 0 Å². The third-order valence-electron chi connectivity index (χ3n) is 4.22. The predicted octanol–water partition coefficient (Wildman–Crippen LogP) is 3.43. The van der Waals surface area contributed by atoms with Crippen molar-refractivity contribution in [3.8, 4) is 0 Å². The zero-order valence-electron chi connectivity index (χ0n) is 8.87. The SMILES string of the molecule is CCP1(=O)[C@H](C)[C@H](C)[C@H](C)[C@@H]1C. The van der Waals surface area contributed by atoms with Crippen LogP contribution in [0.25, 0.3) is 0 Å². The van der Waals surface area contributed by atoms with Crippen LogP contribution < -0.4 is 0 Å². The Morgan fingerprint density at radius 2 is 1.33 bits per heavy atom. The summed E-state index contributed by atoms with van der Waals surface area (Å²) >= 11 is 0. The van der Waals surface area contributed by atoms with Crippen molar-refractivity contribution in [2.45, 2.75) is 45.9 Å².